The second-order valence-corrected chi connectivity index (χ2v) is 4.57. The van der Waals surface area contributed by atoms with Gasteiger partial charge in [0.15, 0.2) is 5.76 Å². The van der Waals surface area contributed by atoms with Crippen molar-refractivity contribution in [2.45, 2.75) is 12.5 Å². The third kappa shape index (κ3) is 2.62. The summed E-state index contributed by atoms with van der Waals surface area (Å²) >= 11 is 0. The molecule has 1 unspecified atom stereocenters. The van der Waals surface area contributed by atoms with Crippen molar-refractivity contribution in [3.8, 4) is 5.75 Å². The molecular weight excluding hydrogens is 242 g/mol. The number of furan rings is 1. The fourth-order valence-corrected chi connectivity index (χ4v) is 2.26. The van der Waals surface area contributed by atoms with Crippen LogP contribution in [-0.2, 0) is 0 Å². The minimum Gasteiger partial charge on any atom is -0.489 e. The largest absolute Gasteiger partial charge is 0.489 e. The predicted octanol–water partition coefficient (Wildman–Crippen LogP) is 2.57. The van der Waals surface area contributed by atoms with Crippen LogP contribution in [0.3, 0.4) is 0 Å². The molecule has 1 aliphatic heterocycles. The number of para-hydroxylation sites is 1. The van der Waals surface area contributed by atoms with Crippen LogP contribution in [0.15, 0.2) is 53.1 Å². The number of hydrogen-bond donors (Lipinski definition) is 0. The Hall–Kier alpha value is -2.23. The third-order valence-electron chi connectivity index (χ3n) is 3.21. The van der Waals surface area contributed by atoms with Crippen LogP contribution in [0, 0.1) is 0 Å². The highest BCUT2D eigenvalue weighted by Gasteiger charge is 2.29. The van der Waals surface area contributed by atoms with Crippen LogP contribution in [0.5, 0.6) is 5.75 Å². The molecule has 1 aliphatic rings. The average molecular weight is 257 g/mol. The summed E-state index contributed by atoms with van der Waals surface area (Å²) in [5.74, 6) is 1.17. The number of carbonyl (C=O) groups is 1. The summed E-state index contributed by atoms with van der Waals surface area (Å²) in [5.41, 5.74) is 0. The lowest BCUT2D eigenvalue weighted by atomic mass is 10.3. The number of nitrogens with zero attached hydrogens (tertiary/aromatic N) is 1. The highest BCUT2D eigenvalue weighted by molar-refractivity contribution is 5.91. The second-order valence-electron chi connectivity index (χ2n) is 4.57. The zero-order valence-corrected chi connectivity index (χ0v) is 10.5. The lowest BCUT2D eigenvalue weighted by Crippen LogP contribution is -2.30. The first kappa shape index (κ1) is 11.8. The van der Waals surface area contributed by atoms with Crippen molar-refractivity contribution in [1.82, 2.24) is 4.90 Å². The van der Waals surface area contributed by atoms with Crippen molar-refractivity contribution < 1.29 is 13.9 Å². The quantitative estimate of drug-likeness (QED) is 0.848. The van der Waals surface area contributed by atoms with Crippen molar-refractivity contribution >= 4 is 5.91 Å². The molecule has 2 heterocycles. The Morgan fingerprint density at radius 3 is 2.79 bits per heavy atom. The topological polar surface area (TPSA) is 42.7 Å². The van der Waals surface area contributed by atoms with Gasteiger partial charge in [-0.2, -0.15) is 0 Å². The smallest absolute Gasteiger partial charge is 0.289 e. The fourth-order valence-electron chi connectivity index (χ4n) is 2.26. The van der Waals surface area contributed by atoms with Gasteiger partial charge in [0.2, 0.25) is 0 Å². The lowest BCUT2D eigenvalue weighted by molar-refractivity contribution is 0.0741. The molecular formula is C15H15NO3. The molecule has 0 bridgehead atoms. The summed E-state index contributed by atoms with van der Waals surface area (Å²) in [6, 6.07) is 13.1. The monoisotopic (exact) mass is 257 g/mol. The Kier molecular flexibility index (Phi) is 3.23. The Morgan fingerprint density at radius 1 is 1.21 bits per heavy atom. The third-order valence-corrected chi connectivity index (χ3v) is 3.21. The number of likely N-dealkylation sites (tertiary alicyclic amines) is 1. The Bertz CT molecular complexity index is 536. The van der Waals surface area contributed by atoms with E-state index in [1.54, 1.807) is 17.0 Å². The number of ether oxygens (including phenoxy) is 1. The van der Waals surface area contributed by atoms with Crippen molar-refractivity contribution in [3.05, 3.63) is 54.5 Å². The van der Waals surface area contributed by atoms with Gasteiger partial charge in [0.25, 0.3) is 5.91 Å². The molecule has 2 aromatic rings. The number of carbonyl (C=O) groups excluding carboxylic acids is 1. The van der Waals surface area contributed by atoms with Gasteiger partial charge in [-0.25, -0.2) is 0 Å². The molecule has 4 nitrogen and oxygen atoms in total. The van der Waals surface area contributed by atoms with Gasteiger partial charge in [0.1, 0.15) is 11.9 Å². The zero-order valence-electron chi connectivity index (χ0n) is 10.5. The SMILES string of the molecule is O=C(c1ccco1)N1CCC(Oc2ccccc2)C1. The molecule has 0 aliphatic carbocycles. The lowest BCUT2D eigenvalue weighted by Gasteiger charge is -2.16. The van der Waals surface area contributed by atoms with Gasteiger partial charge in [-0.15, -0.1) is 0 Å². The summed E-state index contributed by atoms with van der Waals surface area (Å²) in [7, 11) is 0. The van der Waals surface area contributed by atoms with Gasteiger partial charge in [-0.05, 0) is 24.3 Å². The molecule has 0 saturated carbocycles. The van der Waals surface area contributed by atoms with Crippen LogP contribution < -0.4 is 4.74 Å². The van der Waals surface area contributed by atoms with E-state index in [0.29, 0.717) is 18.8 Å². The summed E-state index contributed by atoms with van der Waals surface area (Å²) in [6.07, 6.45) is 2.42. The van der Waals surface area contributed by atoms with Crippen LogP contribution in [0.2, 0.25) is 0 Å². The van der Waals surface area contributed by atoms with Crippen LogP contribution in [0.1, 0.15) is 17.0 Å². The van der Waals surface area contributed by atoms with Gasteiger partial charge in [-0.1, -0.05) is 18.2 Å². The molecule has 1 fully saturated rings. The zero-order chi connectivity index (χ0) is 13.1. The number of rotatable bonds is 3. The first-order valence-electron chi connectivity index (χ1n) is 6.37. The number of hydrogen-bond acceptors (Lipinski definition) is 3. The average Bonchev–Trinajstić information content (AvgIpc) is 3.10. The van der Waals surface area contributed by atoms with Gasteiger partial charge >= 0.3 is 0 Å². The molecule has 4 heteroatoms. The van der Waals surface area contributed by atoms with E-state index in [1.807, 2.05) is 30.3 Å². The van der Waals surface area contributed by atoms with E-state index < -0.39 is 0 Å². The molecule has 1 atom stereocenters. The van der Waals surface area contributed by atoms with E-state index in [4.69, 9.17) is 9.15 Å². The van der Waals surface area contributed by atoms with E-state index in [-0.39, 0.29) is 12.0 Å². The highest BCUT2D eigenvalue weighted by atomic mass is 16.5. The molecule has 3 rings (SSSR count). The van der Waals surface area contributed by atoms with Crippen LogP contribution >= 0.6 is 0 Å². The number of benzene rings is 1. The summed E-state index contributed by atoms with van der Waals surface area (Å²) in [6.45, 7) is 1.31. The fraction of sp³-hybridized carbons (Fsp3) is 0.267. The molecule has 98 valence electrons. The molecule has 1 aromatic carbocycles. The minimum absolute atomic E-state index is 0.0568. The molecule has 1 saturated heterocycles. The standard InChI is InChI=1S/C15H15NO3/c17-15(14-7-4-10-18-14)16-9-8-13(11-16)19-12-5-2-1-3-6-12/h1-7,10,13H,8-9,11H2. The predicted molar refractivity (Wildman–Crippen MR) is 70.1 cm³/mol. The first-order valence-corrected chi connectivity index (χ1v) is 6.37. The van der Waals surface area contributed by atoms with Crippen LogP contribution in [0.4, 0.5) is 0 Å². The van der Waals surface area contributed by atoms with E-state index in [0.717, 1.165) is 12.2 Å². The first-order chi connectivity index (χ1) is 9.33. The Labute approximate surface area is 111 Å². The van der Waals surface area contributed by atoms with Gasteiger partial charge in [0, 0.05) is 13.0 Å². The molecule has 0 N–H and O–H groups in total. The van der Waals surface area contributed by atoms with Crippen molar-refractivity contribution in [3.63, 3.8) is 0 Å². The van der Waals surface area contributed by atoms with Gasteiger partial charge < -0.3 is 14.1 Å². The van der Waals surface area contributed by atoms with Gasteiger partial charge in [0.05, 0.1) is 12.8 Å². The van der Waals surface area contributed by atoms with Crippen molar-refractivity contribution in [2.75, 3.05) is 13.1 Å². The van der Waals surface area contributed by atoms with E-state index in [1.165, 1.54) is 6.26 Å². The van der Waals surface area contributed by atoms with E-state index in [9.17, 15) is 4.79 Å². The number of amides is 1. The maximum absolute atomic E-state index is 12.1. The Balaban J connectivity index is 1.60. The van der Waals surface area contributed by atoms with E-state index in [2.05, 4.69) is 0 Å². The minimum atomic E-state index is -0.0656. The van der Waals surface area contributed by atoms with E-state index >= 15 is 0 Å². The normalized spacial score (nSPS) is 18.5. The Morgan fingerprint density at radius 2 is 2.05 bits per heavy atom. The van der Waals surface area contributed by atoms with Crippen molar-refractivity contribution in [1.29, 1.82) is 0 Å². The highest BCUT2D eigenvalue weighted by Crippen LogP contribution is 2.19. The van der Waals surface area contributed by atoms with Crippen LogP contribution in [-0.4, -0.2) is 30.0 Å². The van der Waals surface area contributed by atoms with Crippen LogP contribution in [0.25, 0.3) is 0 Å². The second kappa shape index (κ2) is 5.18. The maximum Gasteiger partial charge on any atom is 0.289 e. The molecule has 0 radical (unpaired) electrons. The summed E-state index contributed by atoms with van der Waals surface area (Å²) in [4.78, 5) is 13.9. The summed E-state index contributed by atoms with van der Waals surface area (Å²) < 4.78 is 11.0. The maximum atomic E-state index is 12.1. The van der Waals surface area contributed by atoms with Gasteiger partial charge in [-0.3, -0.25) is 4.79 Å². The molecule has 19 heavy (non-hydrogen) atoms. The summed E-state index contributed by atoms with van der Waals surface area (Å²) in [5, 5.41) is 0. The molecule has 0 spiro atoms. The molecule has 1 aromatic heterocycles. The molecule has 1 amide bonds. The van der Waals surface area contributed by atoms with Crippen molar-refractivity contribution in [2.24, 2.45) is 0 Å².